The van der Waals surface area contributed by atoms with E-state index in [1.165, 1.54) is 6.33 Å². The molecule has 1 heterocycles. The van der Waals surface area contributed by atoms with Crippen LogP contribution < -0.4 is 4.74 Å². The Bertz CT molecular complexity index is 466. The fourth-order valence-electron chi connectivity index (χ4n) is 1.14. The molecule has 0 unspecified atom stereocenters. The fourth-order valence-corrected chi connectivity index (χ4v) is 1.25. The number of benzene rings is 1. The minimum Gasteiger partial charge on any atom is -0.488 e. The van der Waals surface area contributed by atoms with Gasteiger partial charge in [-0.25, -0.2) is 4.68 Å². The molecular weight excluding hydrogens is 272 g/mol. The monoisotopic (exact) mass is 280 g/mol. The number of hydrogen-bond donors (Lipinski definition) is 0. The lowest BCUT2D eigenvalue weighted by atomic mass is 10.3. The second kappa shape index (κ2) is 4.89. The molecule has 0 aliphatic carbocycles. The first-order valence-corrected chi connectivity index (χ1v) is 5.34. The van der Waals surface area contributed by atoms with Crippen LogP contribution >= 0.6 is 15.9 Å². The smallest absolute Gasteiger partial charge is 0.143 e. The summed E-state index contributed by atoms with van der Waals surface area (Å²) >= 11 is 3.23. The molecule has 0 saturated heterocycles. The molecule has 1 aromatic carbocycles. The Morgan fingerprint density at radius 1 is 1.38 bits per heavy atom. The van der Waals surface area contributed by atoms with Gasteiger partial charge in [0.1, 0.15) is 18.7 Å². The Morgan fingerprint density at radius 2 is 2.12 bits per heavy atom. The van der Waals surface area contributed by atoms with Gasteiger partial charge in [-0.3, -0.25) is 0 Å². The number of halogens is 1. The largest absolute Gasteiger partial charge is 0.488 e. The van der Waals surface area contributed by atoms with Gasteiger partial charge in [0.05, 0.1) is 5.69 Å². The van der Waals surface area contributed by atoms with Crippen LogP contribution in [0.4, 0.5) is 0 Å². The van der Waals surface area contributed by atoms with Gasteiger partial charge >= 0.3 is 0 Å². The van der Waals surface area contributed by atoms with Gasteiger partial charge in [-0.2, -0.15) is 0 Å². The summed E-state index contributed by atoms with van der Waals surface area (Å²) in [5, 5.41) is 10.9. The van der Waals surface area contributed by atoms with E-state index in [1.807, 2.05) is 24.3 Å². The van der Waals surface area contributed by atoms with Crippen LogP contribution in [-0.4, -0.2) is 26.8 Å². The summed E-state index contributed by atoms with van der Waals surface area (Å²) in [4.78, 5) is 0. The summed E-state index contributed by atoms with van der Waals surface area (Å²) in [5.41, 5.74) is 0.884. The van der Waals surface area contributed by atoms with Crippen LogP contribution in [0.2, 0.25) is 0 Å². The van der Waals surface area contributed by atoms with Gasteiger partial charge in [0.2, 0.25) is 0 Å². The second-order valence-corrected chi connectivity index (χ2v) is 4.18. The molecule has 0 aliphatic heterocycles. The van der Waals surface area contributed by atoms with Crippen molar-refractivity contribution in [1.29, 1.82) is 0 Å². The molecule has 0 saturated carbocycles. The SMILES string of the molecule is C=C(Br)COc1ccc(-n2cnnn2)cc1. The number of nitrogens with zero attached hydrogens (tertiary/aromatic N) is 4. The van der Waals surface area contributed by atoms with Crippen molar-refractivity contribution >= 4 is 15.9 Å². The van der Waals surface area contributed by atoms with Crippen LogP contribution in [0.1, 0.15) is 0 Å². The first-order chi connectivity index (χ1) is 7.75. The predicted molar refractivity (Wildman–Crippen MR) is 62.7 cm³/mol. The highest BCUT2D eigenvalue weighted by molar-refractivity contribution is 9.11. The lowest BCUT2D eigenvalue weighted by Crippen LogP contribution is -1.98. The average Bonchev–Trinajstić information content (AvgIpc) is 2.80. The first kappa shape index (κ1) is 10.8. The van der Waals surface area contributed by atoms with E-state index in [4.69, 9.17) is 4.74 Å². The third-order valence-electron chi connectivity index (χ3n) is 1.85. The third-order valence-corrected chi connectivity index (χ3v) is 2.07. The molecule has 0 amide bonds. The Kier molecular flexibility index (Phi) is 3.31. The molecule has 0 atom stereocenters. The first-order valence-electron chi connectivity index (χ1n) is 4.55. The number of ether oxygens (including phenoxy) is 1. The standard InChI is InChI=1S/C10H9BrN4O/c1-8(11)6-16-10-4-2-9(3-5-10)15-7-12-13-14-15/h2-5,7H,1,6H2. The van der Waals surface area contributed by atoms with E-state index in [-0.39, 0.29) is 0 Å². The normalized spacial score (nSPS) is 10.1. The topological polar surface area (TPSA) is 52.8 Å². The molecule has 82 valence electrons. The molecule has 1 aromatic heterocycles. The number of hydrogen-bond acceptors (Lipinski definition) is 4. The van der Waals surface area contributed by atoms with Crippen LogP contribution in [0.25, 0.3) is 5.69 Å². The van der Waals surface area contributed by atoms with E-state index in [0.29, 0.717) is 6.61 Å². The molecule has 0 bridgehead atoms. The summed E-state index contributed by atoms with van der Waals surface area (Å²) in [6, 6.07) is 7.46. The maximum absolute atomic E-state index is 5.43. The zero-order valence-electron chi connectivity index (χ0n) is 8.38. The highest BCUT2D eigenvalue weighted by Gasteiger charge is 1.99. The lowest BCUT2D eigenvalue weighted by molar-refractivity contribution is 0.361. The number of aromatic nitrogens is 4. The van der Waals surface area contributed by atoms with Gasteiger partial charge in [-0.05, 0) is 34.7 Å². The summed E-state index contributed by atoms with van der Waals surface area (Å²) in [5.74, 6) is 0.775. The zero-order chi connectivity index (χ0) is 11.4. The van der Waals surface area contributed by atoms with Gasteiger partial charge in [0, 0.05) is 4.48 Å². The highest BCUT2D eigenvalue weighted by atomic mass is 79.9. The Labute approximate surface area is 101 Å². The maximum Gasteiger partial charge on any atom is 0.143 e. The zero-order valence-corrected chi connectivity index (χ0v) is 9.96. The van der Waals surface area contributed by atoms with Crippen molar-refractivity contribution in [2.24, 2.45) is 0 Å². The van der Waals surface area contributed by atoms with Crippen molar-refractivity contribution in [3.8, 4) is 11.4 Å². The van der Waals surface area contributed by atoms with Crippen molar-refractivity contribution in [2.75, 3.05) is 6.61 Å². The van der Waals surface area contributed by atoms with E-state index in [1.54, 1.807) is 4.68 Å². The molecule has 0 spiro atoms. The van der Waals surface area contributed by atoms with Crippen LogP contribution in [-0.2, 0) is 0 Å². The van der Waals surface area contributed by atoms with Crippen LogP contribution in [0.5, 0.6) is 5.75 Å². The predicted octanol–water partition coefficient (Wildman–Crippen LogP) is 1.95. The minimum absolute atomic E-state index is 0.449. The van der Waals surface area contributed by atoms with E-state index in [2.05, 4.69) is 38.0 Å². The molecule has 0 radical (unpaired) electrons. The number of rotatable bonds is 4. The van der Waals surface area contributed by atoms with Crippen LogP contribution in [0.15, 0.2) is 41.7 Å². The van der Waals surface area contributed by atoms with Crippen molar-refractivity contribution in [3.63, 3.8) is 0 Å². The Morgan fingerprint density at radius 3 is 2.69 bits per heavy atom. The van der Waals surface area contributed by atoms with Gasteiger partial charge in [0.25, 0.3) is 0 Å². The molecule has 6 heteroatoms. The second-order valence-electron chi connectivity index (χ2n) is 3.05. The summed E-state index contributed by atoms with van der Waals surface area (Å²) in [6.45, 7) is 4.14. The van der Waals surface area contributed by atoms with Gasteiger partial charge in [-0.1, -0.05) is 22.5 Å². The molecule has 0 fully saturated rings. The molecule has 2 aromatic rings. The van der Waals surface area contributed by atoms with Crippen molar-refractivity contribution in [1.82, 2.24) is 20.2 Å². The lowest BCUT2D eigenvalue weighted by Gasteiger charge is -2.05. The maximum atomic E-state index is 5.43. The van der Waals surface area contributed by atoms with E-state index >= 15 is 0 Å². The fraction of sp³-hybridized carbons (Fsp3) is 0.100. The summed E-state index contributed by atoms with van der Waals surface area (Å²) in [7, 11) is 0. The highest BCUT2D eigenvalue weighted by Crippen LogP contribution is 2.15. The minimum atomic E-state index is 0.449. The third kappa shape index (κ3) is 2.66. The van der Waals surface area contributed by atoms with Crippen LogP contribution in [0, 0.1) is 0 Å². The molecule has 5 nitrogen and oxygen atoms in total. The molecule has 2 rings (SSSR count). The average molecular weight is 281 g/mol. The van der Waals surface area contributed by atoms with Gasteiger partial charge < -0.3 is 4.74 Å². The molecule has 16 heavy (non-hydrogen) atoms. The van der Waals surface area contributed by atoms with Crippen LogP contribution in [0.3, 0.4) is 0 Å². The number of tetrazole rings is 1. The van der Waals surface area contributed by atoms with E-state index in [0.717, 1.165) is 15.9 Å². The van der Waals surface area contributed by atoms with Crippen molar-refractivity contribution in [3.05, 3.63) is 41.7 Å². The Balaban J connectivity index is 2.08. The molecule has 0 N–H and O–H groups in total. The van der Waals surface area contributed by atoms with Crippen molar-refractivity contribution in [2.45, 2.75) is 0 Å². The quantitative estimate of drug-likeness (QED) is 0.859. The van der Waals surface area contributed by atoms with Gasteiger partial charge in [-0.15, -0.1) is 5.10 Å². The summed E-state index contributed by atoms with van der Waals surface area (Å²) < 4.78 is 7.81. The summed E-state index contributed by atoms with van der Waals surface area (Å²) in [6.07, 6.45) is 1.54. The molecule has 0 aliphatic rings. The van der Waals surface area contributed by atoms with Gasteiger partial charge in [0.15, 0.2) is 0 Å². The van der Waals surface area contributed by atoms with E-state index in [9.17, 15) is 0 Å². The Hall–Kier alpha value is -1.69. The van der Waals surface area contributed by atoms with Crippen molar-refractivity contribution < 1.29 is 4.74 Å². The molecular formula is C10H9BrN4O. The van der Waals surface area contributed by atoms with E-state index < -0.39 is 0 Å².